The molecule has 2 nitrogen and oxygen atoms in total. The summed E-state index contributed by atoms with van der Waals surface area (Å²) in [6, 6.07) is 11.0. The van der Waals surface area contributed by atoms with Crippen molar-refractivity contribution in [2.75, 3.05) is 0 Å². The average molecular weight is 706 g/mol. The second-order valence-electron chi connectivity index (χ2n) is 16.5. The Bertz CT molecular complexity index is 948. The molecule has 0 bridgehead atoms. The van der Waals surface area contributed by atoms with E-state index in [-0.39, 0.29) is 0 Å². The highest BCUT2D eigenvalue weighted by Gasteiger charge is 2.22. The first-order valence-corrected chi connectivity index (χ1v) is 23.5. The number of aryl methyl sites for hydroxylation is 2. The van der Waals surface area contributed by atoms with E-state index in [2.05, 4.69) is 66.1 Å². The van der Waals surface area contributed by atoms with Gasteiger partial charge in [-0.25, -0.2) is 9.55 Å². The first kappa shape index (κ1) is 45.6. The normalized spacial score (nSPS) is 12.2. The molecule has 2 heteroatoms. The molecule has 1 aromatic carbocycles. The molecule has 1 aromatic heterocycles. The number of nitrogens with one attached hydrogen (secondary N) is 1. The van der Waals surface area contributed by atoms with E-state index in [1.807, 2.05) is 0 Å². The Kier molecular flexibility index (Phi) is 31.7. The number of benzene rings is 1. The van der Waals surface area contributed by atoms with Crippen LogP contribution >= 0.6 is 0 Å². The highest BCUT2D eigenvalue weighted by molar-refractivity contribution is 5.14. The van der Waals surface area contributed by atoms with Gasteiger partial charge in [0, 0.05) is 0 Å². The molecule has 0 saturated carbocycles. The van der Waals surface area contributed by atoms with Crippen molar-refractivity contribution in [2.24, 2.45) is 0 Å². The molecule has 2 rings (SSSR count). The van der Waals surface area contributed by atoms with Gasteiger partial charge in [0.05, 0.1) is 12.5 Å². The Morgan fingerprint density at radius 3 is 1.16 bits per heavy atom. The molecule has 0 aliphatic rings. The fraction of sp³-hybridized carbons (Fsp3) is 0.816. The standard InChI is InChI=1S/C49H88N2/c1-3-5-7-9-11-13-15-17-19-20-22-24-26-28-30-32-37-43-48(49-50-44-46-51(49)45-38-41-47-39-34-33-35-40-47)42-36-31-29-27-25-23-21-18-16-14-12-10-8-6-4-2/h33-35,39-40,44,46,48H,3-32,36-38,41-43,45H2,1-2H3/p+1. The smallest absolute Gasteiger partial charge is 0.247 e. The first-order valence-electron chi connectivity index (χ1n) is 23.5. The minimum Gasteiger partial charge on any atom is -0.247 e. The van der Waals surface area contributed by atoms with Crippen LogP contribution in [0.5, 0.6) is 0 Å². The number of hydrogen-bond donors (Lipinski definition) is 1. The maximum absolute atomic E-state index is 3.73. The van der Waals surface area contributed by atoms with Gasteiger partial charge in [0.1, 0.15) is 12.4 Å². The van der Waals surface area contributed by atoms with Crippen molar-refractivity contribution in [3.8, 4) is 0 Å². The Morgan fingerprint density at radius 1 is 0.431 bits per heavy atom. The molecule has 1 unspecified atom stereocenters. The van der Waals surface area contributed by atoms with E-state index in [9.17, 15) is 0 Å². The van der Waals surface area contributed by atoms with E-state index in [1.165, 1.54) is 243 Å². The summed E-state index contributed by atoms with van der Waals surface area (Å²) in [5.74, 6) is 2.19. The predicted molar refractivity (Wildman–Crippen MR) is 227 cm³/mol. The summed E-state index contributed by atoms with van der Waals surface area (Å²) in [5, 5.41) is 0. The van der Waals surface area contributed by atoms with Crippen molar-refractivity contribution in [3.05, 3.63) is 54.1 Å². The molecule has 294 valence electrons. The summed E-state index contributed by atoms with van der Waals surface area (Å²) in [5.41, 5.74) is 1.47. The third-order valence-corrected chi connectivity index (χ3v) is 11.7. The monoisotopic (exact) mass is 706 g/mol. The maximum atomic E-state index is 3.73. The lowest BCUT2D eigenvalue weighted by molar-refractivity contribution is -0.704. The van der Waals surface area contributed by atoms with Crippen LogP contribution in [0.1, 0.15) is 256 Å². The van der Waals surface area contributed by atoms with Crippen LogP contribution in [0, 0.1) is 0 Å². The molecule has 1 heterocycles. The van der Waals surface area contributed by atoms with E-state index in [0.717, 1.165) is 6.54 Å². The van der Waals surface area contributed by atoms with Crippen LogP contribution in [0.4, 0.5) is 0 Å². The topological polar surface area (TPSA) is 19.7 Å². The van der Waals surface area contributed by atoms with E-state index in [0.29, 0.717) is 5.92 Å². The number of nitrogens with zero attached hydrogens (tertiary/aromatic N) is 1. The molecule has 0 fully saturated rings. The van der Waals surface area contributed by atoms with Crippen molar-refractivity contribution < 1.29 is 4.57 Å². The van der Waals surface area contributed by atoms with Crippen LogP contribution < -0.4 is 4.57 Å². The second-order valence-corrected chi connectivity index (χ2v) is 16.5. The molecule has 1 atom stereocenters. The Morgan fingerprint density at radius 2 is 0.784 bits per heavy atom. The summed E-state index contributed by atoms with van der Waals surface area (Å²) in [7, 11) is 0. The molecule has 1 N–H and O–H groups in total. The fourth-order valence-corrected chi connectivity index (χ4v) is 8.32. The number of H-pyrrole nitrogens is 1. The molecule has 0 amide bonds. The van der Waals surface area contributed by atoms with Crippen molar-refractivity contribution >= 4 is 0 Å². The number of aromatic amines is 1. The van der Waals surface area contributed by atoms with Crippen molar-refractivity contribution in [1.29, 1.82) is 0 Å². The van der Waals surface area contributed by atoms with Crippen molar-refractivity contribution in [1.82, 2.24) is 4.98 Å². The third kappa shape index (κ3) is 26.8. The zero-order chi connectivity index (χ0) is 36.1. The van der Waals surface area contributed by atoms with Crippen molar-refractivity contribution in [3.63, 3.8) is 0 Å². The highest BCUT2D eigenvalue weighted by atomic mass is 15.1. The molecule has 0 radical (unpaired) electrons. The van der Waals surface area contributed by atoms with Gasteiger partial charge in [0.25, 0.3) is 5.82 Å². The highest BCUT2D eigenvalue weighted by Crippen LogP contribution is 2.26. The maximum Gasteiger partial charge on any atom is 0.257 e. The molecule has 0 saturated heterocycles. The summed E-state index contributed by atoms with van der Waals surface area (Å²) in [6.07, 6.45) is 55.9. The van der Waals surface area contributed by atoms with Gasteiger partial charge in [-0.1, -0.05) is 250 Å². The fourth-order valence-electron chi connectivity index (χ4n) is 8.32. The van der Waals surface area contributed by atoms with Crippen molar-refractivity contribution in [2.45, 2.75) is 257 Å². The number of aromatic nitrogens is 2. The quantitative estimate of drug-likeness (QED) is 0.0528. The van der Waals surface area contributed by atoms with Gasteiger partial charge >= 0.3 is 0 Å². The molecule has 51 heavy (non-hydrogen) atoms. The largest absolute Gasteiger partial charge is 0.257 e. The molecule has 2 aromatic rings. The lowest BCUT2D eigenvalue weighted by Crippen LogP contribution is -2.37. The van der Waals surface area contributed by atoms with Gasteiger partial charge < -0.3 is 0 Å². The number of unbranched alkanes of at least 4 members (excludes halogenated alkanes) is 30. The number of hydrogen-bond acceptors (Lipinski definition) is 0. The van der Waals surface area contributed by atoms with Crippen LogP contribution in [0.3, 0.4) is 0 Å². The Labute approximate surface area is 320 Å². The van der Waals surface area contributed by atoms with Gasteiger partial charge in [0.15, 0.2) is 0 Å². The molecular weight excluding hydrogens is 617 g/mol. The summed E-state index contributed by atoms with van der Waals surface area (Å²) in [6.45, 7) is 5.75. The lowest BCUT2D eigenvalue weighted by Gasteiger charge is -2.14. The predicted octanol–water partition coefficient (Wildman–Crippen LogP) is 16.3. The van der Waals surface area contributed by atoms with Gasteiger partial charge in [-0.15, -0.1) is 0 Å². The van der Waals surface area contributed by atoms with Crippen LogP contribution in [0.2, 0.25) is 0 Å². The molecule has 0 aliphatic heterocycles. The molecule has 0 spiro atoms. The minimum absolute atomic E-state index is 0.690. The molecular formula is C49H89N2+. The van der Waals surface area contributed by atoms with Gasteiger partial charge in [-0.2, -0.15) is 0 Å². The van der Waals surface area contributed by atoms with Crippen LogP contribution in [-0.2, 0) is 13.0 Å². The molecule has 0 aliphatic carbocycles. The van der Waals surface area contributed by atoms with E-state index < -0.39 is 0 Å². The average Bonchev–Trinajstić information content (AvgIpc) is 3.62. The van der Waals surface area contributed by atoms with E-state index >= 15 is 0 Å². The van der Waals surface area contributed by atoms with Crippen LogP contribution in [0.15, 0.2) is 42.7 Å². The first-order chi connectivity index (χ1) is 25.3. The zero-order valence-corrected chi connectivity index (χ0v) is 34.7. The van der Waals surface area contributed by atoms with Crippen LogP contribution in [-0.4, -0.2) is 4.98 Å². The third-order valence-electron chi connectivity index (χ3n) is 11.7. The summed E-state index contributed by atoms with van der Waals surface area (Å²) >= 11 is 0. The summed E-state index contributed by atoms with van der Waals surface area (Å²) in [4.78, 5) is 3.73. The summed E-state index contributed by atoms with van der Waals surface area (Å²) < 4.78 is 2.56. The van der Waals surface area contributed by atoms with E-state index in [4.69, 9.17) is 0 Å². The zero-order valence-electron chi connectivity index (χ0n) is 34.7. The SMILES string of the molecule is CCCCCCCCCCCCCCCCCCCC(CCCCCCCCCCCCCCCCC)c1[nH]cc[n+]1CCCc1ccccc1. The van der Waals surface area contributed by atoms with Crippen LogP contribution in [0.25, 0.3) is 0 Å². The van der Waals surface area contributed by atoms with Gasteiger partial charge in [0.2, 0.25) is 0 Å². The second kappa shape index (κ2) is 35.5. The minimum atomic E-state index is 0.690. The Balaban J connectivity index is 1.58. The Hall–Kier alpha value is -1.57. The number of rotatable bonds is 39. The number of imidazole rings is 1. The lowest BCUT2D eigenvalue weighted by atomic mass is 9.93. The van der Waals surface area contributed by atoms with E-state index in [1.54, 1.807) is 0 Å². The van der Waals surface area contributed by atoms with Gasteiger partial charge in [-0.3, -0.25) is 0 Å². The van der Waals surface area contributed by atoms with Gasteiger partial charge in [-0.05, 0) is 31.2 Å².